The van der Waals surface area contributed by atoms with Gasteiger partial charge in [0.25, 0.3) is 5.91 Å². The normalized spacial score (nSPS) is 18.0. The van der Waals surface area contributed by atoms with Crippen LogP contribution in [-0.2, 0) is 16.0 Å². The Hall–Kier alpha value is -2.69. The number of carbonyl (C=O) groups is 2. The molecule has 3 heterocycles. The Morgan fingerprint density at radius 3 is 2.76 bits per heavy atom. The highest BCUT2D eigenvalue weighted by Gasteiger charge is 2.35. The van der Waals surface area contributed by atoms with Crippen LogP contribution >= 0.6 is 11.3 Å². The molecule has 37 heavy (non-hydrogen) atoms. The third-order valence-corrected chi connectivity index (χ3v) is 7.45. The summed E-state index contributed by atoms with van der Waals surface area (Å²) >= 11 is 1.36. The van der Waals surface area contributed by atoms with Crippen LogP contribution in [0.1, 0.15) is 68.6 Å². The van der Waals surface area contributed by atoms with Crippen LogP contribution in [0.25, 0.3) is 16.0 Å². The maximum atomic E-state index is 13.1. The van der Waals surface area contributed by atoms with Gasteiger partial charge in [0.05, 0.1) is 23.2 Å². The third kappa shape index (κ3) is 6.61. The summed E-state index contributed by atoms with van der Waals surface area (Å²) in [4.78, 5) is 35.5. The van der Waals surface area contributed by atoms with Gasteiger partial charge in [-0.1, -0.05) is 17.4 Å². The van der Waals surface area contributed by atoms with Gasteiger partial charge in [-0.15, -0.1) is 0 Å². The molecule has 0 saturated carbocycles. The zero-order valence-electron chi connectivity index (χ0n) is 22.5. The number of ether oxygens (including phenoxy) is 2. The van der Waals surface area contributed by atoms with E-state index in [2.05, 4.69) is 0 Å². The van der Waals surface area contributed by atoms with Crippen molar-refractivity contribution in [1.29, 1.82) is 0 Å². The molecule has 0 radical (unpaired) electrons. The number of carbonyl (C=O) groups excluding carboxylic acids is 2. The summed E-state index contributed by atoms with van der Waals surface area (Å²) < 4.78 is 13.6. The van der Waals surface area contributed by atoms with Crippen LogP contribution in [-0.4, -0.2) is 80.8 Å². The largest absolute Gasteiger partial charge is 0.444 e. The number of aliphatic hydroxyl groups is 1. The first-order valence-corrected chi connectivity index (χ1v) is 13.7. The second-order valence-corrected chi connectivity index (χ2v) is 12.1. The van der Waals surface area contributed by atoms with Crippen molar-refractivity contribution in [2.24, 2.45) is 0 Å². The second-order valence-electron chi connectivity index (χ2n) is 11.1. The lowest BCUT2D eigenvalue weighted by atomic mass is 10.0. The molecular weight excluding hydrogens is 492 g/mol. The molecule has 1 fully saturated rings. The fourth-order valence-corrected chi connectivity index (χ4v) is 5.59. The Morgan fingerprint density at radius 2 is 2.08 bits per heavy atom. The van der Waals surface area contributed by atoms with Gasteiger partial charge in [0, 0.05) is 39.5 Å². The Labute approximate surface area is 222 Å². The molecular formula is C27H38N4O5S. The van der Waals surface area contributed by atoms with Gasteiger partial charge in [-0.05, 0) is 71.1 Å². The Balaban J connectivity index is 1.58. The SMILES string of the molecule is CN(CCCCO)C(=O)c1cn2c(nc3ccc(CN(C[C@@]4(C)CCCO4)C(=O)OC(C)(C)C)cc32)s1. The number of benzene rings is 1. The van der Waals surface area contributed by atoms with Gasteiger partial charge in [0.15, 0.2) is 4.96 Å². The number of imidazole rings is 1. The summed E-state index contributed by atoms with van der Waals surface area (Å²) in [5.41, 5.74) is 1.68. The number of aliphatic hydroxyl groups excluding tert-OH is 1. The zero-order chi connectivity index (χ0) is 26.8. The molecule has 0 bridgehead atoms. The van der Waals surface area contributed by atoms with Crippen molar-refractivity contribution in [3.8, 4) is 0 Å². The first-order chi connectivity index (χ1) is 17.5. The number of unbranched alkanes of at least 4 members (excludes halogenated alkanes) is 1. The van der Waals surface area contributed by atoms with E-state index in [-0.39, 0.29) is 18.6 Å². The van der Waals surface area contributed by atoms with Gasteiger partial charge >= 0.3 is 6.09 Å². The van der Waals surface area contributed by atoms with Crippen molar-refractivity contribution < 1.29 is 24.2 Å². The smallest absolute Gasteiger partial charge is 0.410 e. The van der Waals surface area contributed by atoms with Gasteiger partial charge in [0.2, 0.25) is 0 Å². The van der Waals surface area contributed by atoms with Crippen molar-refractivity contribution in [2.45, 2.75) is 71.1 Å². The lowest BCUT2D eigenvalue weighted by Gasteiger charge is -2.33. The number of amides is 2. The molecule has 4 rings (SSSR count). The summed E-state index contributed by atoms with van der Waals surface area (Å²) in [7, 11) is 1.78. The quantitative estimate of drug-likeness (QED) is 0.403. The van der Waals surface area contributed by atoms with Crippen LogP contribution in [0.4, 0.5) is 4.79 Å². The highest BCUT2D eigenvalue weighted by molar-refractivity contribution is 7.18. The van der Waals surface area contributed by atoms with E-state index >= 15 is 0 Å². The first-order valence-electron chi connectivity index (χ1n) is 12.9. The standard InChI is InChI=1S/C27H38N4O5S/c1-26(2,3)36-25(34)30(18-27(4)11-8-14-35-27)16-19-9-10-20-21(15-19)31-17-22(37-24(31)28-20)23(33)29(5)12-6-7-13-32/h9-10,15,17,32H,6-8,11-14,16,18H2,1-5H3/t27-/m1/s1. The molecule has 9 nitrogen and oxygen atoms in total. The molecule has 2 aromatic heterocycles. The van der Waals surface area contributed by atoms with E-state index in [1.165, 1.54) is 11.3 Å². The van der Waals surface area contributed by atoms with Crippen LogP contribution in [0.15, 0.2) is 24.4 Å². The molecule has 1 aromatic carbocycles. The second kappa shape index (κ2) is 11.0. The molecule has 0 aliphatic carbocycles. The fraction of sp³-hybridized carbons (Fsp3) is 0.593. The fourth-order valence-electron chi connectivity index (χ4n) is 4.60. The van der Waals surface area contributed by atoms with Crippen LogP contribution < -0.4 is 0 Å². The number of thiazole rings is 1. The van der Waals surface area contributed by atoms with Gasteiger partial charge < -0.3 is 24.4 Å². The van der Waals surface area contributed by atoms with Gasteiger partial charge in [0.1, 0.15) is 10.5 Å². The van der Waals surface area contributed by atoms with Crippen molar-refractivity contribution in [2.75, 3.05) is 33.4 Å². The van der Waals surface area contributed by atoms with Crippen LogP contribution in [0, 0.1) is 0 Å². The van der Waals surface area contributed by atoms with E-state index in [9.17, 15) is 9.59 Å². The van der Waals surface area contributed by atoms with Crippen LogP contribution in [0.5, 0.6) is 0 Å². The van der Waals surface area contributed by atoms with E-state index in [1.54, 1.807) is 16.8 Å². The zero-order valence-corrected chi connectivity index (χ0v) is 23.3. The van der Waals surface area contributed by atoms with Gasteiger partial charge in [-0.2, -0.15) is 0 Å². The van der Waals surface area contributed by atoms with E-state index in [4.69, 9.17) is 19.6 Å². The molecule has 1 N–H and O–H groups in total. The third-order valence-electron chi connectivity index (χ3n) is 6.48. The molecule has 1 saturated heterocycles. The highest BCUT2D eigenvalue weighted by Crippen LogP contribution is 2.29. The van der Waals surface area contributed by atoms with Gasteiger partial charge in [-0.25, -0.2) is 9.78 Å². The average Bonchev–Trinajstić information content (AvgIpc) is 3.52. The molecule has 0 unspecified atom stereocenters. The van der Waals surface area contributed by atoms with E-state index < -0.39 is 11.2 Å². The molecule has 202 valence electrons. The summed E-state index contributed by atoms with van der Waals surface area (Å²) in [5, 5.41) is 9.00. The maximum absolute atomic E-state index is 13.1. The Morgan fingerprint density at radius 1 is 1.30 bits per heavy atom. The number of fused-ring (bicyclic) bond motifs is 3. The summed E-state index contributed by atoms with van der Waals surface area (Å²) in [5.74, 6) is -0.0568. The van der Waals surface area contributed by atoms with Crippen molar-refractivity contribution in [1.82, 2.24) is 19.2 Å². The first kappa shape index (κ1) is 27.3. The topological polar surface area (TPSA) is 96.6 Å². The van der Waals surface area contributed by atoms with Crippen molar-refractivity contribution in [3.05, 3.63) is 34.8 Å². The predicted octanol–water partition coefficient (Wildman–Crippen LogP) is 4.70. The number of nitrogens with zero attached hydrogens (tertiary/aromatic N) is 4. The van der Waals surface area contributed by atoms with Crippen molar-refractivity contribution in [3.63, 3.8) is 0 Å². The molecule has 3 aromatic rings. The number of hydrogen-bond acceptors (Lipinski definition) is 7. The molecule has 0 spiro atoms. The van der Waals surface area contributed by atoms with E-state index in [0.717, 1.165) is 40.8 Å². The molecule has 1 aliphatic rings. The van der Waals surface area contributed by atoms with Crippen LogP contribution in [0.3, 0.4) is 0 Å². The Bertz CT molecular complexity index is 1250. The molecule has 1 atom stereocenters. The summed E-state index contributed by atoms with van der Waals surface area (Å²) in [6.45, 7) is 9.89. The minimum atomic E-state index is -0.598. The minimum absolute atomic E-state index is 0.0568. The van der Waals surface area contributed by atoms with E-state index in [0.29, 0.717) is 37.5 Å². The Kier molecular flexibility index (Phi) is 8.11. The van der Waals surface area contributed by atoms with Gasteiger partial charge in [-0.3, -0.25) is 9.20 Å². The monoisotopic (exact) mass is 530 g/mol. The predicted molar refractivity (Wildman–Crippen MR) is 144 cm³/mol. The maximum Gasteiger partial charge on any atom is 0.410 e. The lowest BCUT2D eigenvalue weighted by Crippen LogP contribution is -2.45. The highest BCUT2D eigenvalue weighted by atomic mass is 32.1. The number of rotatable bonds is 9. The summed E-state index contributed by atoms with van der Waals surface area (Å²) in [6.07, 6.45) is 4.78. The van der Waals surface area contributed by atoms with Crippen molar-refractivity contribution >= 4 is 39.3 Å². The summed E-state index contributed by atoms with van der Waals surface area (Å²) in [6, 6.07) is 5.96. The minimum Gasteiger partial charge on any atom is -0.444 e. The number of aromatic nitrogens is 2. The van der Waals surface area contributed by atoms with Crippen LogP contribution in [0.2, 0.25) is 0 Å². The van der Waals surface area contributed by atoms with E-state index in [1.807, 2.05) is 56.5 Å². The lowest BCUT2D eigenvalue weighted by molar-refractivity contribution is -0.0260. The molecule has 10 heteroatoms. The molecule has 1 aliphatic heterocycles. The average molecular weight is 531 g/mol. The molecule has 2 amide bonds. The number of hydrogen-bond donors (Lipinski definition) is 1.